The number of benzene rings is 1. The molecule has 0 bridgehead atoms. The molecular formula is C18H24F2N2O4S. The fraction of sp³-hybridized carbons (Fsp3) is 0.611. The first-order chi connectivity index (χ1) is 12.8. The van der Waals surface area contributed by atoms with E-state index in [4.69, 9.17) is 4.74 Å². The minimum Gasteiger partial charge on any atom is -0.381 e. The van der Waals surface area contributed by atoms with Gasteiger partial charge in [-0.2, -0.15) is 4.31 Å². The predicted molar refractivity (Wildman–Crippen MR) is 94.5 cm³/mol. The van der Waals surface area contributed by atoms with Crippen molar-refractivity contribution in [3.05, 3.63) is 29.8 Å². The highest BCUT2D eigenvalue weighted by molar-refractivity contribution is 7.89. The summed E-state index contributed by atoms with van der Waals surface area (Å²) in [5, 5.41) is 0. The van der Waals surface area contributed by atoms with Crippen molar-refractivity contribution in [2.75, 3.05) is 26.3 Å². The van der Waals surface area contributed by atoms with Crippen LogP contribution in [0.5, 0.6) is 0 Å². The van der Waals surface area contributed by atoms with Crippen LogP contribution in [0.4, 0.5) is 8.78 Å². The predicted octanol–water partition coefficient (Wildman–Crippen LogP) is 2.15. The second kappa shape index (κ2) is 8.20. The van der Waals surface area contributed by atoms with Crippen molar-refractivity contribution in [2.24, 2.45) is 0 Å². The van der Waals surface area contributed by atoms with Crippen LogP contribution in [0.25, 0.3) is 0 Å². The molecule has 2 aliphatic heterocycles. The molecule has 0 saturated carbocycles. The topological polar surface area (TPSA) is 66.9 Å². The lowest BCUT2D eigenvalue weighted by Crippen LogP contribution is -2.53. The summed E-state index contributed by atoms with van der Waals surface area (Å²) in [7, 11) is -4.11. The Labute approximate surface area is 158 Å². The summed E-state index contributed by atoms with van der Waals surface area (Å²) in [6.07, 6.45) is 2.47. The SMILES string of the molecule is CC(=O)N(C1CCOCC1)C1CCN(S(=O)(=O)c2cc(F)ccc2F)CC1. The summed E-state index contributed by atoms with van der Waals surface area (Å²) in [5.41, 5.74) is 0. The Hall–Kier alpha value is -1.58. The van der Waals surface area contributed by atoms with E-state index in [1.165, 1.54) is 11.2 Å². The van der Waals surface area contributed by atoms with Crippen LogP contribution in [0.3, 0.4) is 0 Å². The highest BCUT2D eigenvalue weighted by Crippen LogP contribution is 2.28. The molecule has 2 fully saturated rings. The van der Waals surface area contributed by atoms with E-state index in [1.807, 2.05) is 4.90 Å². The number of sulfonamides is 1. The number of rotatable bonds is 4. The van der Waals surface area contributed by atoms with Crippen LogP contribution in [0, 0.1) is 11.6 Å². The lowest BCUT2D eigenvalue weighted by atomic mass is 9.99. The third kappa shape index (κ3) is 4.30. The maximum absolute atomic E-state index is 13.9. The highest BCUT2D eigenvalue weighted by atomic mass is 32.2. The molecule has 2 heterocycles. The molecule has 0 aromatic heterocycles. The molecule has 0 aliphatic carbocycles. The summed E-state index contributed by atoms with van der Waals surface area (Å²) in [4.78, 5) is 13.4. The van der Waals surface area contributed by atoms with E-state index in [0.717, 1.165) is 25.0 Å². The molecule has 0 spiro atoms. The minimum atomic E-state index is -4.11. The van der Waals surface area contributed by atoms with Crippen LogP contribution in [0.15, 0.2) is 23.1 Å². The van der Waals surface area contributed by atoms with Crippen LogP contribution < -0.4 is 0 Å². The summed E-state index contributed by atoms with van der Waals surface area (Å²) in [5.74, 6) is -1.79. The molecule has 1 aromatic carbocycles. The molecule has 6 nitrogen and oxygen atoms in total. The fourth-order valence-electron chi connectivity index (χ4n) is 3.95. The van der Waals surface area contributed by atoms with Gasteiger partial charge in [0.05, 0.1) is 0 Å². The number of piperidine rings is 1. The third-order valence-corrected chi connectivity index (χ3v) is 7.19. The summed E-state index contributed by atoms with van der Waals surface area (Å²) in [6.45, 7) is 3.08. The monoisotopic (exact) mass is 402 g/mol. The van der Waals surface area contributed by atoms with Gasteiger partial charge < -0.3 is 9.64 Å². The molecule has 1 amide bonds. The number of halogens is 2. The first-order valence-corrected chi connectivity index (χ1v) is 10.6. The van der Waals surface area contributed by atoms with Gasteiger partial charge in [0.2, 0.25) is 15.9 Å². The minimum absolute atomic E-state index is 0.0283. The molecule has 150 valence electrons. The molecule has 2 aliphatic rings. The van der Waals surface area contributed by atoms with E-state index in [-0.39, 0.29) is 31.1 Å². The molecule has 2 saturated heterocycles. The van der Waals surface area contributed by atoms with Crippen LogP contribution in [0.2, 0.25) is 0 Å². The van der Waals surface area contributed by atoms with Crippen molar-refractivity contribution in [3.63, 3.8) is 0 Å². The van der Waals surface area contributed by atoms with E-state index in [9.17, 15) is 22.0 Å². The van der Waals surface area contributed by atoms with Gasteiger partial charge in [0, 0.05) is 45.3 Å². The average Bonchev–Trinajstić information content (AvgIpc) is 2.65. The summed E-state index contributed by atoms with van der Waals surface area (Å²) < 4.78 is 59.3. The van der Waals surface area contributed by atoms with Crippen LogP contribution >= 0.6 is 0 Å². The van der Waals surface area contributed by atoms with E-state index in [2.05, 4.69) is 0 Å². The normalized spacial score (nSPS) is 20.6. The zero-order valence-electron chi connectivity index (χ0n) is 15.2. The van der Waals surface area contributed by atoms with Crippen LogP contribution in [0.1, 0.15) is 32.6 Å². The van der Waals surface area contributed by atoms with E-state index in [1.54, 1.807) is 0 Å². The van der Waals surface area contributed by atoms with Crippen LogP contribution in [-0.4, -0.2) is 61.9 Å². The summed E-state index contributed by atoms with van der Waals surface area (Å²) in [6, 6.07) is 2.46. The standard InChI is InChI=1S/C18H24F2N2O4S/c1-13(23)22(16-6-10-26-11-7-16)15-4-8-21(9-5-15)27(24,25)18-12-14(19)2-3-17(18)20/h2-3,12,15-16H,4-11H2,1H3. The Balaban J connectivity index is 1.72. The second-order valence-corrected chi connectivity index (χ2v) is 8.89. The Morgan fingerprint density at radius 3 is 2.30 bits per heavy atom. The summed E-state index contributed by atoms with van der Waals surface area (Å²) >= 11 is 0. The molecule has 0 atom stereocenters. The molecule has 27 heavy (non-hydrogen) atoms. The number of hydrogen-bond donors (Lipinski definition) is 0. The van der Waals surface area contributed by atoms with E-state index < -0.39 is 26.6 Å². The molecule has 1 aromatic rings. The van der Waals surface area contributed by atoms with Gasteiger partial charge in [-0.3, -0.25) is 4.79 Å². The molecule has 0 radical (unpaired) electrons. The van der Waals surface area contributed by atoms with Crippen molar-refractivity contribution in [1.82, 2.24) is 9.21 Å². The molecule has 0 unspecified atom stereocenters. The smallest absolute Gasteiger partial charge is 0.246 e. The van der Waals surface area contributed by atoms with Gasteiger partial charge in [-0.15, -0.1) is 0 Å². The quantitative estimate of drug-likeness (QED) is 0.774. The zero-order valence-corrected chi connectivity index (χ0v) is 16.1. The lowest BCUT2D eigenvalue weighted by Gasteiger charge is -2.43. The van der Waals surface area contributed by atoms with E-state index >= 15 is 0 Å². The number of carbonyl (C=O) groups is 1. The number of amides is 1. The van der Waals surface area contributed by atoms with Gasteiger partial charge in [0.15, 0.2) is 0 Å². The molecular weight excluding hydrogens is 378 g/mol. The second-order valence-electron chi connectivity index (χ2n) is 6.98. The molecule has 0 N–H and O–H groups in total. The van der Waals surface area contributed by atoms with Crippen molar-refractivity contribution in [2.45, 2.75) is 49.6 Å². The Morgan fingerprint density at radius 2 is 1.70 bits per heavy atom. The number of carbonyl (C=O) groups excluding carboxylic acids is 1. The maximum Gasteiger partial charge on any atom is 0.246 e. The van der Waals surface area contributed by atoms with Gasteiger partial charge in [0.1, 0.15) is 16.5 Å². The molecule has 9 heteroatoms. The van der Waals surface area contributed by atoms with Crippen LogP contribution in [-0.2, 0) is 19.6 Å². The van der Waals surface area contributed by atoms with Crippen molar-refractivity contribution >= 4 is 15.9 Å². The van der Waals surface area contributed by atoms with Gasteiger partial charge in [0.25, 0.3) is 0 Å². The average molecular weight is 402 g/mol. The van der Waals surface area contributed by atoms with Gasteiger partial charge in [-0.1, -0.05) is 0 Å². The van der Waals surface area contributed by atoms with Gasteiger partial charge in [-0.05, 0) is 43.9 Å². The Morgan fingerprint density at radius 1 is 1.11 bits per heavy atom. The first-order valence-electron chi connectivity index (χ1n) is 9.12. The number of nitrogens with zero attached hydrogens (tertiary/aromatic N) is 2. The maximum atomic E-state index is 13.9. The highest BCUT2D eigenvalue weighted by Gasteiger charge is 2.36. The Kier molecular flexibility index (Phi) is 6.12. The van der Waals surface area contributed by atoms with Gasteiger partial charge in [-0.25, -0.2) is 17.2 Å². The van der Waals surface area contributed by atoms with Crippen molar-refractivity contribution in [3.8, 4) is 0 Å². The molecule has 3 rings (SSSR count). The van der Waals surface area contributed by atoms with Crippen molar-refractivity contribution < 1.29 is 26.7 Å². The Bertz CT molecular complexity index is 789. The van der Waals surface area contributed by atoms with Crippen molar-refractivity contribution in [1.29, 1.82) is 0 Å². The largest absolute Gasteiger partial charge is 0.381 e. The number of hydrogen-bond acceptors (Lipinski definition) is 4. The fourth-order valence-corrected chi connectivity index (χ4v) is 5.50. The lowest BCUT2D eigenvalue weighted by molar-refractivity contribution is -0.137. The van der Waals surface area contributed by atoms with Gasteiger partial charge >= 0.3 is 0 Å². The first kappa shape index (κ1) is 20.2. The third-order valence-electron chi connectivity index (χ3n) is 5.28. The zero-order chi connectivity index (χ0) is 19.6. The number of ether oxygens (including phenoxy) is 1. The van der Waals surface area contributed by atoms with E-state index in [0.29, 0.717) is 32.1 Å².